The summed E-state index contributed by atoms with van der Waals surface area (Å²) in [5, 5.41) is -0.799. The average molecular weight is 294 g/mol. The van der Waals surface area contributed by atoms with Gasteiger partial charge < -0.3 is 5.73 Å². The van der Waals surface area contributed by atoms with E-state index in [1.807, 2.05) is 27.7 Å². The molecular weight excluding hydrogens is 268 g/mol. The SMILES string of the molecule is CCC(CC)N(CC(C)C)S(=O)(=O)C(C)C(N)=S. The monoisotopic (exact) mass is 294 g/mol. The van der Waals surface area contributed by atoms with Crippen molar-refractivity contribution >= 4 is 27.2 Å². The average Bonchev–Trinajstić information content (AvgIpc) is 2.27. The Morgan fingerprint density at radius 2 is 1.67 bits per heavy atom. The molecule has 0 aromatic carbocycles. The van der Waals surface area contributed by atoms with Gasteiger partial charge in [-0.1, -0.05) is 39.9 Å². The summed E-state index contributed by atoms with van der Waals surface area (Å²) >= 11 is 4.83. The summed E-state index contributed by atoms with van der Waals surface area (Å²) in [5.74, 6) is 0.277. The molecule has 4 nitrogen and oxygen atoms in total. The van der Waals surface area contributed by atoms with Crippen LogP contribution in [0.2, 0.25) is 0 Å². The highest BCUT2D eigenvalue weighted by Crippen LogP contribution is 2.19. The van der Waals surface area contributed by atoms with Crippen molar-refractivity contribution in [3.63, 3.8) is 0 Å². The normalized spacial score (nSPS) is 14.4. The standard InChI is InChI=1S/C12H26N2O2S2/c1-6-11(7-2)14(8-9(3)4)18(15,16)10(5)12(13)17/h9-11H,6-8H2,1-5H3,(H2,13,17). The maximum absolute atomic E-state index is 12.5. The van der Waals surface area contributed by atoms with Crippen molar-refractivity contribution in [3.8, 4) is 0 Å². The van der Waals surface area contributed by atoms with Crippen LogP contribution in [0.3, 0.4) is 0 Å². The Morgan fingerprint density at radius 3 is 1.94 bits per heavy atom. The molecule has 0 aliphatic rings. The number of nitrogens with two attached hydrogens (primary N) is 1. The van der Waals surface area contributed by atoms with Gasteiger partial charge in [0.1, 0.15) is 5.25 Å². The van der Waals surface area contributed by atoms with E-state index in [0.717, 1.165) is 12.8 Å². The van der Waals surface area contributed by atoms with Crippen molar-refractivity contribution in [1.82, 2.24) is 4.31 Å². The molecule has 0 spiro atoms. The zero-order chi connectivity index (χ0) is 14.5. The molecule has 0 amide bonds. The van der Waals surface area contributed by atoms with Crippen LogP contribution < -0.4 is 5.73 Å². The molecule has 0 saturated heterocycles. The lowest BCUT2D eigenvalue weighted by atomic mass is 10.1. The molecular formula is C12H26N2O2S2. The topological polar surface area (TPSA) is 63.4 Å². The number of nitrogens with zero attached hydrogens (tertiary/aromatic N) is 1. The van der Waals surface area contributed by atoms with Crippen molar-refractivity contribution in [2.45, 2.75) is 58.8 Å². The molecule has 2 N–H and O–H groups in total. The van der Waals surface area contributed by atoms with E-state index >= 15 is 0 Å². The third kappa shape index (κ3) is 4.48. The maximum atomic E-state index is 12.5. The molecule has 6 heteroatoms. The summed E-state index contributed by atoms with van der Waals surface area (Å²) in [7, 11) is -3.45. The molecule has 0 rings (SSSR count). The van der Waals surface area contributed by atoms with Gasteiger partial charge in [0.05, 0.1) is 4.99 Å². The molecule has 108 valence electrons. The van der Waals surface area contributed by atoms with Gasteiger partial charge >= 0.3 is 0 Å². The number of rotatable bonds is 8. The molecule has 0 saturated carbocycles. The van der Waals surface area contributed by atoms with Crippen LogP contribution in [0.4, 0.5) is 0 Å². The Balaban J connectivity index is 5.36. The molecule has 1 atom stereocenters. The highest BCUT2D eigenvalue weighted by Gasteiger charge is 2.34. The van der Waals surface area contributed by atoms with Crippen LogP contribution in [0.15, 0.2) is 0 Å². The predicted molar refractivity (Wildman–Crippen MR) is 81.1 cm³/mol. The van der Waals surface area contributed by atoms with E-state index in [4.69, 9.17) is 18.0 Å². The van der Waals surface area contributed by atoms with Gasteiger partial charge in [0.15, 0.2) is 0 Å². The van der Waals surface area contributed by atoms with E-state index in [1.54, 1.807) is 11.2 Å². The number of sulfonamides is 1. The third-order valence-electron chi connectivity index (χ3n) is 3.07. The molecule has 0 heterocycles. The highest BCUT2D eigenvalue weighted by molar-refractivity contribution is 7.92. The van der Waals surface area contributed by atoms with E-state index < -0.39 is 15.3 Å². The van der Waals surface area contributed by atoms with Crippen LogP contribution in [0.25, 0.3) is 0 Å². The lowest BCUT2D eigenvalue weighted by Crippen LogP contribution is -2.48. The van der Waals surface area contributed by atoms with E-state index in [9.17, 15) is 8.42 Å². The summed E-state index contributed by atoms with van der Waals surface area (Å²) in [4.78, 5) is 0.0368. The summed E-state index contributed by atoms with van der Waals surface area (Å²) in [5.41, 5.74) is 5.50. The lowest BCUT2D eigenvalue weighted by Gasteiger charge is -2.33. The van der Waals surface area contributed by atoms with Crippen molar-refractivity contribution in [1.29, 1.82) is 0 Å². The quantitative estimate of drug-likeness (QED) is 0.697. The van der Waals surface area contributed by atoms with Crippen LogP contribution in [0, 0.1) is 5.92 Å². The van der Waals surface area contributed by atoms with Gasteiger partial charge in [-0.15, -0.1) is 0 Å². The first kappa shape index (κ1) is 17.8. The number of hydrogen-bond donors (Lipinski definition) is 1. The largest absolute Gasteiger partial charge is 0.392 e. The van der Waals surface area contributed by atoms with E-state index in [0.29, 0.717) is 6.54 Å². The molecule has 0 aliphatic heterocycles. The van der Waals surface area contributed by atoms with Gasteiger partial charge in [-0.25, -0.2) is 8.42 Å². The Hall–Kier alpha value is -0.200. The van der Waals surface area contributed by atoms with Crippen LogP contribution in [0.1, 0.15) is 47.5 Å². The second kappa shape index (κ2) is 7.40. The molecule has 0 fully saturated rings. The zero-order valence-electron chi connectivity index (χ0n) is 12.0. The van der Waals surface area contributed by atoms with Gasteiger partial charge in [-0.2, -0.15) is 4.31 Å². The Bertz CT molecular complexity index is 362. The Kier molecular flexibility index (Phi) is 7.32. The van der Waals surface area contributed by atoms with Gasteiger partial charge in [-0.05, 0) is 25.7 Å². The second-order valence-electron chi connectivity index (χ2n) is 5.02. The summed E-state index contributed by atoms with van der Waals surface area (Å²) < 4.78 is 26.6. The first-order valence-corrected chi connectivity index (χ1v) is 8.39. The molecule has 18 heavy (non-hydrogen) atoms. The smallest absolute Gasteiger partial charge is 0.223 e. The fourth-order valence-corrected chi connectivity index (χ4v) is 4.15. The van der Waals surface area contributed by atoms with Crippen molar-refractivity contribution < 1.29 is 8.42 Å². The van der Waals surface area contributed by atoms with Gasteiger partial charge in [-0.3, -0.25) is 0 Å². The maximum Gasteiger partial charge on any atom is 0.223 e. The zero-order valence-corrected chi connectivity index (χ0v) is 13.6. The van der Waals surface area contributed by atoms with Crippen LogP contribution in [-0.4, -0.2) is 35.5 Å². The minimum Gasteiger partial charge on any atom is -0.392 e. The molecule has 0 aliphatic carbocycles. The second-order valence-corrected chi connectivity index (χ2v) is 7.70. The minimum atomic E-state index is -3.45. The molecule has 0 radical (unpaired) electrons. The van der Waals surface area contributed by atoms with Crippen molar-refractivity contribution in [2.75, 3.05) is 6.54 Å². The van der Waals surface area contributed by atoms with Gasteiger partial charge in [0.25, 0.3) is 0 Å². The number of hydrogen-bond acceptors (Lipinski definition) is 3. The van der Waals surface area contributed by atoms with Crippen molar-refractivity contribution in [3.05, 3.63) is 0 Å². The summed E-state index contributed by atoms with van der Waals surface area (Å²) in [6.07, 6.45) is 1.60. The fourth-order valence-electron chi connectivity index (χ4n) is 1.87. The molecule has 1 unspecified atom stereocenters. The van der Waals surface area contributed by atoms with E-state index in [1.165, 1.54) is 0 Å². The first-order chi connectivity index (χ1) is 8.18. The molecule has 0 aromatic heterocycles. The predicted octanol–water partition coefficient (Wildman–Crippen LogP) is 2.14. The fraction of sp³-hybridized carbons (Fsp3) is 0.917. The van der Waals surface area contributed by atoms with Crippen LogP contribution in [0.5, 0.6) is 0 Å². The lowest BCUT2D eigenvalue weighted by molar-refractivity contribution is 0.276. The van der Waals surface area contributed by atoms with E-state index in [-0.39, 0.29) is 16.9 Å². The van der Waals surface area contributed by atoms with E-state index in [2.05, 4.69) is 0 Å². The van der Waals surface area contributed by atoms with Gasteiger partial charge in [0.2, 0.25) is 10.0 Å². The van der Waals surface area contributed by atoms with Crippen LogP contribution >= 0.6 is 12.2 Å². The highest BCUT2D eigenvalue weighted by atomic mass is 32.2. The van der Waals surface area contributed by atoms with Crippen molar-refractivity contribution in [2.24, 2.45) is 11.7 Å². The number of thiocarbonyl (C=S) groups is 1. The Labute approximate surface area is 117 Å². The van der Waals surface area contributed by atoms with Gasteiger partial charge in [0, 0.05) is 12.6 Å². The molecule has 0 aromatic rings. The Morgan fingerprint density at radius 1 is 1.22 bits per heavy atom. The summed E-state index contributed by atoms with van der Waals surface area (Å²) in [6.45, 7) is 10.1. The summed E-state index contributed by atoms with van der Waals surface area (Å²) in [6, 6.07) is 0.0224. The molecule has 0 bridgehead atoms. The minimum absolute atomic E-state index is 0.0224. The first-order valence-electron chi connectivity index (χ1n) is 6.48. The third-order valence-corrected chi connectivity index (χ3v) is 5.82. The van der Waals surface area contributed by atoms with Crippen LogP contribution in [-0.2, 0) is 10.0 Å².